The number of hydrogen-bond acceptors (Lipinski definition) is 2. The van der Waals surface area contributed by atoms with Crippen molar-refractivity contribution in [3.05, 3.63) is 24.3 Å². The summed E-state index contributed by atoms with van der Waals surface area (Å²) in [5.41, 5.74) is 0. The Kier molecular flexibility index (Phi) is 3.25. The monoisotopic (exact) mass is 180 g/mol. The average Bonchev–Trinajstić information content (AvgIpc) is 2.10. The lowest BCUT2D eigenvalue weighted by Gasteiger charge is -2.02. The summed E-state index contributed by atoms with van der Waals surface area (Å²) in [5, 5.41) is 11.6. The van der Waals surface area contributed by atoms with E-state index < -0.39 is 0 Å². The zero-order chi connectivity index (χ0) is 9.68. The van der Waals surface area contributed by atoms with E-state index >= 15 is 0 Å². The maximum absolute atomic E-state index is 11.0. The van der Waals surface area contributed by atoms with Gasteiger partial charge in [-0.1, -0.05) is 19.1 Å². The van der Waals surface area contributed by atoms with Crippen LogP contribution >= 0.6 is 0 Å². The fourth-order valence-electron chi connectivity index (χ4n) is 0.851. The lowest BCUT2D eigenvalue weighted by molar-refractivity contribution is -0.116. The molecule has 13 heavy (non-hydrogen) atoms. The first-order chi connectivity index (χ1) is 6.18. The molecule has 0 aromatic rings. The fraction of sp³-hybridized carbons (Fsp3) is 0.333. The first-order valence-corrected chi connectivity index (χ1v) is 4.06. The Morgan fingerprint density at radius 3 is 3.00 bits per heavy atom. The third kappa shape index (κ3) is 3.55. The van der Waals surface area contributed by atoms with Gasteiger partial charge >= 0.3 is 0 Å². The highest BCUT2D eigenvalue weighted by Crippen LogP contribution is 2.00. The van der Waals surface area contributed by atoms with Crippen LogP contribution < -0.4 is 5.32 Å². The number of hydrogen-bond donors (Lipinski definition) is 2. The van der Waals surface area contributed by atoms with Crippen LogP contribution in [-0.2, 0) is 4.79 Å². The van der Waals surface area contributed by atoms with Gasteiger partial charge in [-0.3, -0.25) is 4.79 Å². The standard InChI is InChI=1S/C9H12N2O2/c1-7-2-4-8(12)10-6-11-9(13)5-3-7/h2-5,7H,6H2,1H3,(H,10,12)(H,11,13)/b4-2-,5-3-. The smallest absolute Gasteiger partial charge is 0.245 e. The van der Waals surface area contributed by atoms with Crippen molar-refractivity contribution in [2.24, 2.45) is 10.9 Å². The summed E-state index contributed by atoms with van der Waals surface area (Å²) in [6, 6.07) is 0. The summed E-state index contributed by atoms with van der Waals surface area (Å²) >= 11 is 0. The normalized spacial score (nSPS) is 32.5. The second kappa shape index (κ2) is 4.45. The van der Waals surface area contributed by atoms with E-state index in [4.69, 9.17) is 5.11 Å². The molecule has 70 valence electrons. The predicted octanol–water partition coefficient (Wildman–Crippen LogP) is 0.779. The molecule has 1 aliphatic heterocycles. The number of aliphatic imine (C=N–C) groups is 1. The van der Waals surface area contributed by atoms with E-state index in [2.05, 4.69) is 10.3 Å². The van der Waals surface area contributed by atoms with Crippen molar-refractivity contribution < 1.29 is 9.90 Å². The summed E-state index contributed by atoms with van der Waals surface area (Å²) < 4.78 is 0. The third-order valence-electron chi connectivity index (χ3n) is 1.59. The first kappa shape index (κ1) is 9.51. The zero-order valence-corrected chi connectivity index (χ0v) is 7.40. The van der Waals surface area contributed by atoms with E-state index in [1.54, 1.807) is 12.2 Å². The van der Waals surface area contributed by atoms with Crippen LogP contribution in [0.5, 0.6) is 0 Å². The molecular weight excluding hydrogens is 168 g/mol. The molecule has 1 aliphatic rings. The Morgan fingerprint density at radius 1 is 1.54 bits per heavy atom. The summed E-state index contributed by atoms with van der Waals surface area (Å²) in [4.78, 5) is 14.7. The minimum atomic E-state index is -0.196. The quantitative estimate of drug-likeness (QED) is 0.578. The van der Waals surface area contributed by atoms with E-state index in [0.717, 1.165) is 0 Å². The topological polar surface area (TPSA) is 61.7 Å². The molecule has 4 heteroatoms. The molecule has 1 amide bonds. The van der Waals surface area contributed by atoms with Crippen LogP contribution in [0.1, 0.15) is 6.92 Å². The van der Waals surface area contributed by atoms with Gasteiger partial charge in [0.1, 0.15) is 6.67 Å². The Labute approximate surface area is 76.7 Å². The molecule has 0 saturated carbocycles. The molecular formula is C9H12N2O2. The zero-order valence-electron chi connectivity index (χ0n) is 7.40. The van der Waals surface area contributed by atoms with Crippen LogP contribution in [0.25, 0.3) is 0 Å². The molecule has 0 radical (unpaired) electrons. The van der Waals surface area contributed by atoms with Crippen LogP contribution in [0.2, 0.25) is 0 Å². The Hall–Kier alpha value is -1.58. The number of nitrogens with zero attached hydrogens (tertiary/aromatic N) is 1. The summed E-state index contributed by atoms with van der Waals surface area (Å²) in [6.07, 6.45) is 6.51. The number of carbonyl (C=O) groups excluding carboxylic acids is 1. The highest BCUT2D eigenvalue weighted by molar-refractivity contribution is 5.89. The molecule has 0 spiro atoms. The van der Waals surface area contributed by atoms with E-state index in [-0.39, 0.29) is 24.4 Å². The number of amides is 1. The molecule has 0 aliphatic carbocycles. The molecule has 0 saturated heterocycles. The van der Waals surface area contributed by atoms with Crippen LogP contribution in [0.4, 0.5) is 0 Å². The van der Waals surface area contributed by atoms with Crippen LogP contribution in [0.15, 0.2) is 29.3 Å². The molecule has 2 N–H and O–H groups in total. The predicted molar refractivity (Wildman–Crippen MR) is 50.5 cm³/mol. The van der Waals surface area contributed by atoms with Crippen molar-refractivity contribution in [2.75, 3.05) is 6.67 Å². The van der Waals surface area contributed by atoms with Crippen molar-refractivity contribution in [3.8, 4) is 0 Å². The number of carbonyl (C=O) groups is 1. The van der Waals surface area contributed by atoms with Gasteiger partial charge in [0.15, 0.2) is 0 Å². The average molecular weight is 180 g/mol. The summed E-state index contributed by atoms with van der Waals surface area (Å²) in [5.74, 6) is -0.151. The van der Waals surface area contributed by atoms with Crippen molar-refractivity contribution in [2.45, 2.75) is 6.92 Å². The van der Waals surface area contributed by atoms with Gasteiger partial charge < -0.3 is 10.4 Å². The Morgan fingerprint density at radius 2 is 2.23 bits per heavy atom. The van der Waals surface area contributed by atoms with Crippen molar-refractivity contribution in [1.82, 2.24) is 5.32 Å². The maximum atomic E-state index is 11.0. The summed E-state index contributed by atoms with van der Waals surface area (Å²) in [7, 11) is 0. The highest BCUT2D eigenvalue weighted by Gasteiger charge is 1.98. The van der Waals surface area contributed by atoms with Crippen LogP contribution in [0, 0.1) is 5.92 Å². The van der Waals surface area contributed by atoms with E-state index in [1.807, 2.05) is 6.92 Å². The molecule has 0 aromatic carbocycles. The largest absolute Gasteiger partial charge is 0.493 e. The molecule has 0 bridgehead atoms. The molecule has 1 heterocycles. The maximum Gasteiger partial charge on any atom is 0.245 e. The lowest BCUT2D eigenvalue weighted by Crippen LogP contribution is -2.22. The van der Waals surface area contributed by atoms with Gasteiger partial charge in [0, 0.05) is 0 Å². The molecule has 0 aromatic heterocycles. The number of aliphatic hydroxyl groups is 1. The minimum Gasteiger partial charge on any atom is -0.493 e. The number of aliphatic hydroxyl groups excluding tert-OH is 1. The van der Waals surface area contributed by atoms with Gasteiger partial charge in [-0.15, -0.1) is 0 Å². The number of rotatable bonds is 0. The van der Waals surface area contributed by atoms with E-state index in [1.165, 1.54) is 12.2 Å². The molecule has 0 fully saturated rings. The second-order valence-electron chi connectivity index (χ2n) is 2.79. The molecule has 4 nitrogen and oxygen atoms in total. The summed E-state index contributed by atoms with van der Waals surface area (Å²) in [6.45, 7) is 2.02. The SMILES string of the molecule is CC1/C=C\C(=O)NC/N=C(O)\C=C/1. The van der Waals surface area contributed by atoms with Crippen molar-refractivity contribution >= 4 is 11.8 Å². The highest BCUT2D eigenvalue weighted by atomic mass is 16.3. The fourth-order valence-corrected chi connectivity index (χ4v) is 0.851. The van der Waals surface area contributed by atoms with E-state index in [0.29, 0.717) is 0 Å². The Balaban J connectivity index is 2.77. The minimum absolute atomic E-state index is 0.0672. The van der Waals surface area contributed by atoms with Gasteiger partial charge in [-0.05, 0) is 18.1 Å². The van der Waals surface area contributed by atoms with Crippen LogP contribution in [-0.4, -0.2) is 23.6 Å². The van der Waals surface area contributed by atoms with Crippen molar-refractivity contribution in [3.63, 3.8) is 0 Å². The van der Waals surface area contributed by atoms with Gasteiger partial charge in [0.05, 0.1) is 0 Å². The third-order valence-corrected chi connectivity index (χ3v) is 1.59. The number of allylic oxidation sites excluding steroid dienone is 2. The first-order valence-electron chi connectivity index (χ1n) is 4.06. The Bertz CT molecular complexity index is 279. The van der Waals surface area contributed by atoms with Crippen molar-refractivity contribution in [1.29, 1.82) is 0 Å². The number of nitrogens with one attached hydrogen (secondary N) is 1. The van der Waals surface area contributed by atoms with Gasteiger partial charge in [0.25, 0.3) is 0 Å². The second-order valence-corrected chi connectivity index (χ2v) is 2.79. The van der Waals surface area contributed by atoms with E-state index in [9.17, 15) is 4.79 Å². The molecule has 1 unspecified atom stereocenters. The molecule has 1 rings (SSSR count). The van der Waals surface area contributed by atoms with Crippen LogP contribution in [0.3, 0.4) is 0 Å². The van der Waals surface area contributed by atoms with Gasteiger partial charge in [0.2, 0.25) is 11.8 Å². The van der Waals surface area contributed by atoms with Gasteiger partial charge in [-0.2, -0.15) is 0 Å². The molecule has 1 atom stereocenters. The van der Waals surface area contributed by atoms with Gasteiger partial charge in [-0.25, -0.2) is 4.99 Å². The lowest BCUT2D eigenvalue weighted by atomic mass is 10.1.